The van der Waals surface area contributed by atoms with Gasteiger partial charge in [0.05, 0.1) is 10.0 Å². The zero-order valence-corrected chi connectivity index (χ0v) is 21.6. The number of hydrogen-bond donors (Lipinski definition) is 1. The predicted octanol–water partition coefficient (Wildman–Crippen LogP) is 6.65. The fourth-order valence-electron chi connectivity index (χ4n) is 4.02. The van der Waals surface area contributed by atoms with Crippen LogP contribution in [-0.4, -0.2) is 34.6 Å². The molecule has 1 saturated carbocycles. The van der Waals surface area contributed by atoms with E-state index in [9.17, 15) is 9.59 Å². The summed E-state index contributed by atoms with van der Waals surface area (Å²) in [6, 6.07) is 13.2. The molecule has 0 unspecified atom stereocenters. The molecule has 0 bridgehead atoms. The highest BCUT2D eigenvalue weighted by Crippen LogP contribution is 2.25. The molecule has 7 heteroatoms. The van der Waals surface area contributed by atoms with Crippen molar-refractivity contribution in [3.05, 3.63) is 63.6 Å². The Labute approximate surface area is 211 Å². The molecule has 4 nitrogen and oxygen atoms in total. The van der Waals surface area contributed by atoms with E-state index in [1.54, 1.807) is 35.7 Å². The number of carbonyl (C=O) groups excluding carboxylic acids is 2. The van der Waals surface area contributed by atoms with Crippen molar-refractivity contribution in [1.82, 2.24) is 10.2 Å². The average Bonchev–Trinajstić information content (AvgIpc) is 2.81. The molecule has 2 aromatic rings. The average molecular weight is 508 g/mol. The Morgan fingerprint density at radius 1 is 1.06 bits per heavy atom. The lowest BCUT2D eigenvalue weighted by Gasteiger charge is -2.31. The van der Waals surface area contributed by atoms with Gasteiger partial charge in [0.25, 0.3) is 0 Å². The van der Waals surface area contributed by atoms with Gasteiger partial charge in [-0.2, -0.15) is 0 Å². The van der Waals surface area contributed by atoms with Crippen molar-refractivity contribution in [3.63, 3.8) is 0 Å². The first-order chi connectivity index (χ1) is 15.8. The highest BCUT2D eigenvalue weighted by atomic mass is 35.5. The van der Waals surface area contributed by atoms with Crippen molar-refractivity contribution >= 4 is 46.8 Å². The first-order valence-corrected chi connectivity index (χ1v) is 13.3. The maximum absolute atomic E-state index is 13.3. The van der Waals surface area contributed by atoms with Crippen molar-refractivity contribution in [2.75, 3.05) is 5.75 Å². The molecule has 1 aliphatic rings. The van der Waals surface area contributed by atoms with Gasteiger partial charge in [0.15, 0.2) is 0 Å². The van der Waals surface area contributed by atoms with Crippen LogP contribution in [-0.2, 0) is 16.1 Å². The fraction of sp³-hybridized carbons (Fsp3) is 0.462. The Balaban J connectivity index is 1.67. The molecule has 2 amide bonds. The molecule has 3 rings (SSSR count). The maximum Gasteiger partial charge on any atom is 0.242 e. The van der Waals surface area contributed by atoms with Crippen LogP contribution in [0, 0.1) is 6.92 Å². The highest BCUT2D eigenvalue weighted by Gasteiger charge is 2.28. The molecule has 33 heavy (non-hydrogen) atoms. The van der Waals surface area contributed by atoms with E-state index in [-0.39, 0.29) is 17.9 Å². The van der Waals surface area contributed by atoms with Crippen LogP contribution in [0.15, 0.2) is 47.4 Å². The third kappa shape index (κ3) is 7.94. The molecule has 1 aliphatic carbocycles. The lowest BCUT2D eigenvalue weighted by molar-refractivity contribution is -0.140. The first kappa shape index (κ1) is 25.9. The van der Waals surface area contributed by atoms with Crippen LogP contribution in [0.25, 0.3) is 0 Å². The summed E-state index contributed by atoms with van der Waals surface area (Å²) in [7, 11) is 0. The molecule has 0 aliphatic heterocycles. The molecule has 0 radical (unpaired) electrons. The van der Waals surface area contributed by atoms with E-state index in [4.69, 9.17) is 23.2 Å². The number of benzene rings is 2. The van der Waals surface area contributed by atoms with Crippen LogP contribution in [0.3, 0.4) is 0 Å². The number of aryl methyl sites for hydroxylation is 1. The summed E-state index contributed by atoms with van der Waals surface area (Å²) < 4.78 is 0. The Morgan fingerprint density at radius 3 is 2.42 bits per heavy atom. The van der Waals surface area contributed by atoms with Crippen LogP contribution in [0.2, 0.25) is 10.0 Å². The van der Waals surface area contributed by atoms with Crippen LogP contribution >= 0.6 is 35.0 Å². The number of nitrogens with zero attached hydrogens (tertiary/aromatic N) is 1. The topological polar surface area (TPSA) is 49.4 Å². The fourth-order valence-corrected chi connectivity index (χ4v) is 5.18. The van der Waals surface area contributed by atoms with Crippen molar-refractivity contribution in [1.29, 1.82) is 0 Å². The van der Waals surface area contributed by atoms with Gasteiger partial charge in [0, 0.05) is 29.7 Å². The van der Waals surface area contributed by atoms with Crippen LogP contribution < -0.4 is 5.32 Å². The SMILES string of the molecule is Cc1ccc(SCCC(=O)N(Cc2ccc(Cl)c(Cl)c2)[C@H](C)C(=O)NC2CCCCC2)cc1. The van der Waals surface area contributed by atoms with Crippen molar-refractivity contribution < 1.29 is 9.59 Å². The van der Waals surface area contributed by atoms with Gasteiger partial charge in [-0.25, -0.2) is 0 Å². The first-order valence-electron chi connectivity index (χ1n) is 11.6. The molecule has 0 saturated heterocycles. The number of amides is 2. The van der Waals surface area contributed by atoms with E-state index < -0.39 is 6.04 Å². The monoisotopic (exact) mass is 506 g/mol. The molecule has 1 fully saturated rings. The maximum atomic E-state index is 13.3. The van der Waals surface area contributed by atoms with Crippen molar-refractivity contribution in [3.8, 4) is 0 Å². The normalized spacial score (nSPS) is 15.2. The minimum Gasteiger partial charge on any atom is -0.352 e. The van der Waals surface area contributed by atoms with Crippen LogP contribution in [0.5, 0.6) is 0 Å². The lowest BCUT2D eigenvalue weighted by Crippen LogP contribution is -2.50. The number of thioether (sulfide) groups is 1. The van der Waals surface area contributed by atoms with E-state index in [1.807, 2.05) is 6.07 Å². The summed E-state index contributed by atoms with van der Waals surface area (Å²) >= 11 is 13.9. The smallest absolute Gasteiger partial charge is 0.242 e. The van der Waals surface area contributed by atoms with Gasteiger partial charge >= 0.3 is 0 Å². The van der Waals surface area contributed by atoms with E-state index in [1.165, 1.54) is 12.0 Å². The molecular weight excluding hydrogens is 475 g/mol. The number of rotatable bonds is 9. The molecule has 0 spiro atoms. The largest absolute Gasteiger partial charge is 0.352 e. The number of halogens is 2. The Hall–Kier alpha value is -1.69. The lowest BCUT2D eigenvalue weighted by atomic mass is 9.95. The van der Waals surface area contributed by atoms with Gasteiger partial charge in [0.2, 0.25) is 11.8 Å². The minimum absolute atomic E-state index is 0.0491. The van der Waals surface area contributed by atoms with E-state index in [0.717, 1.165) is 36.1 Å². The second kappa shape index (κ2) is 12.7. The summed E-state index contributed by atoms with van der Waals surface area (Å²) in [6.07, 6.45) is 5.87. The quantitative estimate of drug-likeness (QED) is 0.387. The molecule has 178 valence electrons. The van der Waals surface area contributed by atoms with Crippen LogP contribution in [0.4, 0.5) is 0 Å². The van der Waals surface area contributed by atoms with Gasteiger partial charge in [-0.05, 0) is 56.5 Å². The van der Waals surface area contributed by atoms with Gasteiger partial charge < -0.3 is 10.2 Å². The molecule has 2 aromatic carbocycles. The second-order valence-electron chi connectivity index (χ2n) is 8.70. The number of carbonyl (C=O) groups is 2. The summed E-state index contributed by atoms with van der Waals surface area (Å²) in [5.41, 5.74) is 2.06. The minimum atomic E-state index is -0.571. The number of nitrogens with one attached hydrogen (secondary N) is 1. The predicted molar refractivity (Wildman–Crippen MR) is 138 cm³/mol. The van der Waals surface area contributed by atoms with Gasteiger partial charge in [-0.15, -0.1) is 11.8 Å². The van der Waals surface area contributed by atoms with E-state index >= 15 is 0 Å². The van der Waals surface area contributed by atoms with Gasteiger partial charge in [-0.3, -0.25) is 9.59 Å². The van der Waals surface area contributed by atoms with Crippen molar-refractivity contribution in [2.45, 2.75) is 75.9 Å². The Morgan fingerprint density at radius 2 is 1.76 bits per heavy atom. The molecule has 1 atom stereocenters. The van der Waals surface area contributed by atoms with E-state index in [0.29, 0.717) is 28.8 Å². The molecule has 0 heterocycles. The second-order valence-corrected chi connectivity index (χ2v) is 10.7. The van der Waals surface area contributed by atoms with E-state index in [2.05, 4.69) is 36.5 Å². The summed E-state index contributed by atoms with van der Waals surface area (Å²) in [5.74, 6) is 0.505. The van der Waals surface area contributed by atoms with Crippen LogP contribution in [0.1, 0.15) is 56.6 Å². The summed E-state index contributed by atoms with van der Waals surface area (Å²) in [6.45, 7) is 4.17. The zero-order chi connectivity index (χ0) is 23.8. The molecule has 0 aromatic heterocycles. The third-order valence-electron chi connectivity index (χ3n) is 6.06. The Kier molecular flexibility index (Phi) is 9.96. The molecule has 1 N–H and O–H groups in total. The summed E-state index contributed by atoms with van der Waals surface area (Å²) in [5, 5.41) is 4.07. The third-order valence-corrected chi connectivity index (χ3v) is 7.81. The van der Waals surface area contributed by atoms with Crippen molar-refractivity contribution in [2.24, 2.45) is 0 Å². The van der Waals surface area contributed by atoms with Gasteiger partial charge in [0.1, 0.15) is 6.04 Å². The highest BCUT2D eigenvalue weighted by molar-refractivity contribution is 7.99. The Bertz CT molecular complexity index is 946. The number of hydrogen-bond acceptors (Lipinski definition) is 3. The zero-order valence-electron chi connectivity index (χ0n) is 19.3. The molecular formula is C26H32Cl2N2O2S. The standard InChI is InChI=1S/C26H32Cl2N2O2S/c1-18-8-11-22(12-9-18)33-15-14-25(31)30(17-20-10-13-23(27)24(28)16-20)19(2)26(32)29-21-6-4-3-5-7-21/h8-13,16,19,21H,3-7,14-15,17H2,1-2H3,(H,29,32)/t19-/m1/s1. The van der Waals surface area contributed by atoms with Gasteiger partial charge in [-0.1, -0.05) is 66.2 Å². The summed E-state index contributed by atoms with van der Waals surface area (Å²) in [4.78, 5) is 29.1.